The molecule has 1 aliphatic heterocycles. The maximum atomic E-state index is 11.8. The van der Waals surface area contributed by atoms with Crippen molar-refractivity contribution >= 4 is 5.97 Å². The Labute approximate surface area is 164 Å². The standard InChI is InChI=1S/C23H37NO3/c1-15-12-16(13-17(20(15)27)21(2,3)4)18(14-19(25)26)24-22(5,6)10-9-11-23(24,7)8/h12-13,18,27H,9-11,14H2,1-8H3,(H,25,26). The van der Waals surface area contributed by atoms with Gasteiger partial charge in [0.2, 0.25) is 0 Å². The highest BCUT2D eigenvalue weighted by Gasteiger charge is 2.46. The molecule has 1 atom stereocenters. The Kier molecular flexibility index (Phi) is 5.74. The Morgan fingerprint density at radius 1 is 1.15 bits per heavy atom. The largest absolute Gasteiger partial charge is 0.507 e. The summed E-state index contributed by atoms with van der Waals surface area (Å²) in [4.78, 5) is 14.2. The van der Waals surface area contributed by atoms with E-state index >= 15 is 0 Å². The van der Waals surface area contributed by atoms with E-state index in [4.69, 9.17) is 0 Å². The number of aryl methyl sites for hydroxylation is 1. The van der Waals surface area contributed by atoms with Crippen LogP contribution in [0, 0.1) is 6.92 Å². The van der Waals surface area contributed by atoms with Crippen LogP contribution >= 0.6 is 0 Å². The molecular weight excluding hydrogens is 338 g/mol. The van der Waals surface area contributed by atoms with E-state index in [1.54, 1.807) is 0 Å². The summed E-state index contributed by atoms with van der Waals surface area (Å²) in [5.41, 5.74) is 2.28. The minimum absolute atomic E-state index is 0.0562. The quantitative estimate of drug-likeness (QED) is 0.723. The zero-order valence-electron chi connectivity index (χ0n) is 18.3. The van der Waals surface area contributed by atoms with E-state index in [-0.39, 0.29) is 29.0 Å². The maximum Gasteiger partial charge on any atom is 0.305 e. The first-order valence-electron chi connectivity index (χ1n) is 10.0. The molecule has 1 unspecified atom stereocenters. The second-order valence-electron chi connectivity index (χ2n) is 10.4. The smallest absolute Gasteiger partial charge is 0.305 e. The van der Waals surface area contributed by atoms with E-state index in [9.17, 15) is 15.0 Å². The lowest BCUT2D eigenvalue weighted by Crippen LogP contribution is -2.59. The highest BCUT2D eigenvalue weighted by Crippen LogP contribution is 2.46. The first-order chi connectivity index (χ1) is 12.2. The van der Waals surface area contributed by atoms with Gasteiger partial charge in [0, 0.05) is 17.1 Å². The molecule has 4 nitrogen and oxygen atoms in total. The molecule has 1 heterocycles. The summed E-state index contributed by atoms with van der Waals surface area (Å²) in [6.45, 7) is 17.0. The molecule has 0 radical (unpaired) electrons. The molecule has 2 N–H and O–H groups in total. The number of aromatic hydroxyl groups is 1. The Morgan fingerprint density at radius 2 is 1.67 bits per heavy atom. The molecule has 1 saturated heterocycles. The van der Waals surface area contributed by atoms with Crippen LogP contribution < -0.4 is 0 Å². The van der Waals surface area contributed by atoms with Gasteiger partial charge in [-0.25, -0.2) is 0 Å². The number of carboxylic acids is 1. The van der Waals surface area contributed by atoms with Gasteiger partial charge in [0.15, 0.2) is 0 Å². The number of benzene rings is 1. The summed E-state index contributed by atoms with van der Waals surface area (Å²) >= 11 is 0. The van der Waals surface area contributed by atoms with Crippen molar-refractivity contribution in [1.82, 2.24) is 4.90 Å². The molecule has 0 amide bonds. The zero-order chi connectivity index (χ0) is 20.8. The van der Waals surface area contributed by atoms with E-state index in [2.05, 4.69) is 53.4 Å². The molecule has 1 aromatic rings. The second kappa shape index (κ2) is 7.12. The third-order valence-corrected chi connectivity index (χ3v) is 6.08. The van der Waals surface area contributed by atoms with Gasteiger partial charge in [0.25, 0.3) is 0 Å². The number of likely N-dealkylation sites (tertiary alicyclic amines) is 1. The van der Waals surface area contributed by atoms with Crippen LogP contribution in [0.5, 0.6) is 5.75 Å². The van der Waals surface area contributed by atoms with Gasteiger partial charge in [-0.1, -0.05) is 26.8 Å². The van der Waals surface area contributed by atoms with Crippen molar-refractivity contribution in [3.63, 3.8) is 0 Å². The fourth-order valence-corrected chi connectivity index (χ4v) is 4.95. The molecule has 0 bridgehead atoms. The van der Waals surface area contributed by atoms with Gasteiger partial charge in [-0.15, -0.1) is 0 Å². The highest BCUT2D eigenvalue weighted by atomic mass is 16.4. The lowest BCUT2D eigenvalue weighted by molar-refractivity contribution is -0.141. The lowest BCUT2D eigenvalue weighted by atomic mass is 9.76. The van der Waals surface area contributed by atoms with Crippen LogP contribution in [-0.4, -0.2) is 32.2 Å². The van der Waals surface area contributed by atoms with Crippen molar-refractivity contribution in [2.24, 2.45) is 0 Å². The number of nitrogens with zero attached hydrogens (tertiary/aromatic N) is 1. The van der Waals surface area contributed by atoms with Crippen LogP contribution in [0.1, 0.15) is 96.9 Å². The number of aliphatic carboxylic acids is 1. The van der Waals surface area contributed by atoms with Crippen molar-refractivity contribution in [3.05, 3.63) is 28.8 Å². The molecule has 1 fully saturated rings. The fourth-order valence-electron chi connectivity index (χ4n) is 4.95. The number of phenols is 1. The van der Waals surface area contributed by atoms with Crippen molar-refractivity contribution in [2.75, 3.05) is 0 Å². The van der Waals surface area contributed by atoms with Crippen LogP contribution in [0.25, 0.3) is 0 Å². The molecule has 0 spiro atoms. The summed E-state index contributed by atoms with van der Waals surface area (Å²) in [6, 6.07) is 3.77. The van der Waals surface area contributed by atoms with Crippen molar-refractivity contribution in [3.8, 4) is 5.75 Å². The predicted molar refractivity (Wildman–Crippen MR) is 110 cm³/mol. The molecule has 4 heteroatoms. The van der Waals surface area contributed by atoms with Gasteiger partial charge in [0.05, 0.1) is 6.42 Å². The Balaban J connectivity index is 2.67. The molecule has 0 saturated carbocycles. The van der Waals surface area contributed by atoms with Crippen LogP contribution in [0.15, 0.2) is 12.1 Å². The molecule has 1 aromatic carbocycles. The van der Waals surface area contributed by atoms with Gasteiger partial charge in [-0.3, -0.25) is 9.69 Å². The first-order valence-corrected chi connectivity index (χ1v) is 10.0. The van der Waals surface area contributed by atoms with E-state index in [0.717, 1.165) is 36.0 Å². The molecule has 1 aliphatic rings. The molecule has 0 aromatic heterocycles. The first kappa shape index (κ1) is 21.7. The van der Waals surface area contributed by atoms with Gasteiger partial charge < -0.3 is 10.2 Å². The number of rotatable bonds is 4. The number of hydrogen-bond donors (Lipinski definition) is 2. The minimum atomic E-state index is -0.791. The van der Waals surface area contributed by atoms with E-state index in [1.807, 2.05) is 19.1 Å². The van der Waals surface area contributed by atoms with Crippen molar-refractivity contribution < 1.29 is 15.0 Å². The molecule has 27 heavy (non-hydrogen) atoms. The average Bonchev–Trinajstić information content (AvgIpc) is 2.45. The fraction of sp³-hybridized carbons (Fsp3) is 0.696. The zero-order valence-corrected chi connectivity index (χ0v) is 18.3. The van der Waals surface area contributed by atoms with Gasteiger partial charge in [0.1, 0.15) is 5.75 Å². The topological polar surface area (TPSA) is 60.8 Å². The molecule has 152 valence electrons. The third kappa shape index (κ3) is 4.48. The second-order valence-corrected chi connectivity index (χ2v) is 10.4. The number of piperidine rings is 1. The Morgan fingerprint density at radius 3 is 2.11 bits per heavy atom. The van der Waals surface area contributed by atoms with Gasteiger partial charge in [-0.05, 0) is 82.1 Å². The molecule has 0 aliphatic carbocycles. The summed E-state index contributed by atoms with van der Waals surface area (Å²) in [5.74, 6) is -0.474. The maximum absolute atomic E-state index is 11.8. The van der Waals surface area contributed by atoms with Crippen molar-refractivity contribution in [1.29, 1.82) is 0 Å². The number of hydrogen-bond acceptors (Lipinski definition) is 3. The monoisotopic (exact) mass is 375 g/mol. The van der Waals surface area contributed by atoms with Crippen LogP contribution in [0.3, 0.4) is 0 Å². The summed E-state index contributed by atoms with van der Waals surface area (Å²) in [6.07, 6.45) is 3.31. The summed E-state index contributed by atoms with van der Waals surface area (Å²) < 4.78 is 0. The van der Waals surface area contributed by atoms with Gasteiger partial charge >= 0.3 is 5.97 Å². The van der Waals surface area contributed by atoms with Crippen LogP contribution in [0.4, 0.5) is 0 Å². The van der Waals surface area contributed by atoms with E-state index in [1.165, 1.54) is 0 Å². The highest BCUT2D eigenvalue weighted by molar-refractivity contribution is 5.68. The van der Waals surface area contributed by atoms with Crippen LogP contribution in [0.2, 0.25) is 0 Å². The van der Waals surface area contributed by atoms with Gasteiger partial charge in [-0.2, -0.15) is 0 Å². The SMILES string of the molecule is Cc1cc(C(CC(=O)O)N2C(C)(C)CCCC2(C)C)cc(C(C)(C)C)c1O. The van der Waals surface area contributed by atoms with Crippen molar-refractivity contribution in [2.45, 2.75) is 104 Å². The molecular formula is C23H37NO3. The van der Waals surface area contributed by atoms with E-state index < -0.39 is 5.97 Å². The third-order valence-electron chi connectivity index (χ3n) is 6.08. The normalized spacial score (nSPS) is 21.0. The number of carbonyl (C=O) groups is 1. The molecule has 2 rings (SSSR count). The number of phenolic OH excluding ortho intramolecular Hbond substituents is 1. The lowest BCUT2D eigenvalue weighted by Gasteiger charge is -2.56. The average molecular weight is 376 g/mol. The summed E-state index contributed by atoms with van der Waals surface area (Å²) in [7, 11) is 0. The summed E-state index contributed by atoms with van der Waals surface area (Å²) in [5, 5.41) is 20.3. The number of carboxylic acid groups (broad SMARTS) is 1. The minimum Gasteiger partial charge on any atom is -0.507 e. The Hall–Kier alpha value is -1.55. The predicted octanol–water partition coefficient (Wildman–Crippen LogP) is 5.56. The Bertz CT molecular complexity index is 697. The van der Waals surface area contributed by atoms with E-state index in [0.29, 0.717) is 5.75 Å². The van der Waals surface area contributed by atoms with Crippen LogP contribution in [-0.2, 0) is 10.2 Å².